The molecule has 0 atom stereocenters. The maximum Gasteiger partial charge on any atom is 0.266 e. The van der Waals surface area contributed by atoms with Gasteiger partial charge in [0.1, 0.15) is 12.4 Å². The van der Waals surface area contributed by atoms with E-state index in [9.17, 15) is 18.8 Å². The molecule has 8 nitrogen and oxygen atoms in total. The topological polar surface area (TPSA) is 98.9 Å². The highest BCUT2D eigenvalue weighted by Crippen LogP contribution is 2.15. The summed E-state index contributed by atoms with van der Waals surface area (Å²) in [7, 11) is 0. The van der Waals surface area contributed by atoms with Crippen molar-refractivity contribution in [2.24, 2.45) is 0 Å². The average Bonchev–Trinajstić information content (AvgIpc) is 2.83. The first-order valence-electron chi connectivity index (χ1n) is 10.2. The summed E-state index contributed by atoms with van der Waals surface area (Å²) in [4.78, 5) is 41.0. The second-order valence-electron chi connectivity index (χ2n) is 7.24. The van der Waals surface area contributed by atoms with E-state index in [4.69, 9.17) is 0 Å². The van der Waals surface area contributed by atoms with Crippen LogP contribution in [0.5, 0.6) is 0 Å². The van der Waals surface area contributed by atoms with E-state index in [1.807, 2.05) is 30.3 Å². The highest BCUT2D eigenvalue weighted by atomic mass is 19.1. The minimum absolute atomic E-state index is 0.139. The van der Waals surface area contributed by atoms with Crippen LogP contribution in [0.15, 0.2) is 88.7 Å². The van der Waals surface area contributed by atoms with Gasteiger partial charge in [0.15, 0.2) is 0 Å². The van der Waals surface area contributed by atoms with Crippen molar-refractivity contribution in [3.63, 3.8) is 0 Å². The second kappa shape index (κ2) is 9.82. The van der Waals surface area contributed by atoms with Crippen molar-refractivity contribution >= 4 is 5.91 Å². The van der Waals surface area contributed by atoms with Crippen LogP contribution in [0.4, 0.5) is 4.39 Å². The zero-order valence-corrected chi connectivity index (χ0v) is 17.5. The molecular formula is C24H20FN5O3. The van der Waals surface area contributed by atoms with Gasteiger partial charge >= 0.3 is 0 Å². The molecule has 0 bridgehead atoms. The number of carbonyl (C=O) groups excluding carboxylic acids is 1. The molecule has 9 heteroatoms. The molecule has 0 saturated heterocycles. The quantitative estimate of drug-likeness (QED) is 0.470. The molecule has 0 aliphatic heterocycles. The Bertz CT molecular complexity index is 1380. The molecule has 0 fully saturated rings. The van der Waals surface area contributed by atoms with Crippen LogP contribution in [0.3, 0.4) is 0 Å². The first-order valence-corrected chi connectivity index (χ1v) is 10.2. The number of hydrogen-bond donors (Lipinski definition) is 1. The van der Waals surface area contributed by atoms with Crippen molar-refractivity contribution in [2.45, 2.75) is 13.1 Å². The maximum atomic E-state index is 13.1. The fraction of sp³-hybridized carbons (Fsp3) is 0.125. The summed E-state index contributed by atoms with van der Waals surface area (Å²) in [5.41, 5.74) is 1.85. The molecule has 0 saturated carbocycles. The van der Waals surface area contributed by atoms with Gasteiger partial charge in [-0.05, 0) is 30.3 Å². The van der Waals surface area contributed by atoms with E-state index < -0.39 is 5.91 Å². The SMILES string of the molecule is O=C(Cn1cnc(-c2ccccc2)cc1=O)NCCn1nc(-c2ccc(F)cc2)ccc1=O. The molecular weight excluding hydrogens is 425 g/mol. The third-order valence-electron chi connectivity index (χ3n) is 4.92. The van der Waals surface area contributed by atoms with E-state index in [1.165, 1.54) is 39.8 Å². The predicted octanol–water partition coefficient (Wildman–Crippen LogP) is 2.09. The largest absolute Gasteiger partial charge is 0.353 e. The van der Waals surface area contributed by atoms with Gasteiger partial charge in [-0.2, -0.15) is 5.10 Å². The van der Waals surface area contributed by atoms with Crippen LogP contribution in [-0.4, -0.2) is 31.8 Å². The summed E-state index contributed by atoms with van der Waals surface area (Å²) < 4.78 is 15.6. The molecule has 0 aliphatic carbocycles. The summed E-state index contributed by atoms with van der Waals surface area (Å²) >= 11 is 0. The van der Waals surface area contributed by atoms with Crippen molar-refractivity contribution in [1.29, 1.82) is 0 Å². The van der Waals surface area contributed by atoms with Crippen LogP contribution in [0.25, 0.3) is 22.5 Å². The van der Waals surface area contributed by atoms with Crippen LogP contribution < -0.4 is 16.4 Å². The van der Waals surface area contributed by atoms with E-state index in [0.29, 0.717) is 17.0 Å². The molecule has 1 N–H and O–H groups in total. The monoisotopic (exact) mass is 445 g/mol. The van der Waals surface area contributed by atoms with Crippen LogP contribution in [0.2, 0.25) is 0 Å². The van der Waals surface area contributed by atoms with E-state index in [0.717, 1.165) is 5.56 Å². The maximum absolute atomic E-state index is 13.1. The van der Waals surface area contributed by atoms with Gasteiger partial charge in [0, 0.05) is 29.8 Å². The zero-order chi connectivity index (χ0) is 23.2. The molecule has 2 heterocycles. The number of rotatable bonds is 7. The summed E-state index contributed by atoms with van der Waals surface area (Å²) in [6, 6.07) is 19.4. The molecule has 4 rings (SSSR count). The molecule has 2 aromatic heterocycles. The number of carbonyl (C=O) groups is 1. The first kappa shape index (κ1) is 21.8. The standard InChI is InChI=1S/C24H20FN5O3/c25-19-8-6-18(7-9-19)20-10-11-23(32)30(28-20)13-12-26-22(31)15-29-16-27-21(14-24(29)33)17-4-2-1-3-5-17/h1-11,14,16H,12-13,15H2,(H,26,31). The van der Waals surface area contributed by atoms with Gasteiger partial charge in [-0.15, -0.1) is 0 Å². The van der Waals surface area contributed by atoms with Crippen molar-refractivity contribution < 1.29 is 9.18 Å². The van der Waals surface area contributed by atoms with Gasteiger partial charge < -0.3 is 5.32 Å². The van der Waals surface area contributed by atoms with Gasteiger partial charge in [0.25, 0.3) is 11.1 Å². The lowest BCUT2D eigenvalue weighted by Crippen LogP contribution is -2.35. The molecule has 0 aliphatic rings. The molecule has 0 unspecified atom stereocenters. The Morgan fingerprint density at radius 3 is 2.33 bits per heavy atom. The van der Waals surface area contributed by atoms with Gasteiger partial charge in [-0.25, -0.2) is 14.1 Å². The van der Waals surface area contributed by atoms with Crippen molar-refractivity contribution in [2.75, 3.05) is 6.54 Å². The Kier molecular flexibility index (Phi) is 6.49. The number of aromatic nitrogens is 4. The summed E-state index contributed by atoms with van der Waals surface area (Å²) in [6.07, 6.45) is 1.34. The lowest BCUT2D eigenvalue weighted by Gasteiger charge is -2.10. The highest BCUT2D eigenvalue weighted by Gasteiger charge is 2.08. The number of amides is 1. The minimum atomic E-state index is -0.394. The van der Waals surface area contributed by atoms with Crippen LogP contribution >= 0.6 is 0 Å². The second-order valence-corrected chi connectivity index (χ2v) is 7.24. The normalized spacial score (nSPS) is 10.7. The fourth-order valence-electron chi connectivity index (χ4n) is 3.21. The Balaban J connectivity index is 1.36. The third kappa shape index (κ3) is 5.45. The van der Waals surface area contributed by atoms with Gasteiger partial charge in [0.2, 0.25) is 5.91 Å². The summed E-state index contributed by atoms with van der Waals surface area (Å²) in [6.45, 7) is 0.0848. The Morgan fingerprint density at radius 2 is 1.61 bits per heavy atom. The number of hydrogen-bond acceptors (Lipinski definition) is 5. The lowest BCUT2D eigenvalue weighted by atomic mass is 10.1. The van der Waals surface area contributed by atoms with Crippen molar-refractivity contribution in [1.82, 2.24) is 24.6 Å². The molecule has 1 amide bonds. The van der Waals surface area contributed by atoms with Gasteiger partial charge in [-0.1, -0.05) is 30.3 Å². The van der Waals surface area contributed by atoms with Crippen LogP contribution in [-0.2, 0) is 17.9 Å². The Morgan fingerprint density at radius 1 is 0.879 bits per heavy atom. The van der Waals surface area contributed by atoms with E-state index in [2.05, 4.69) is 15.4 Å². The molecule has 33 heavy (non-hydrogen) atoms. The van der Waals surface area contributed by atoms with Gasteiger partial charge in [-0.3, -0.25) is 19.0 Å². The van der Waals surface area contributed by atoms with Crippen LogP contribution in [0, 0.1) is 5.82 Å². The van der Waals surface area contributed by atoms with E-state index in [-0.39, 0.29) is 36.6 Å². The zero-order valence-electron chi connectivity index (χ0n) is 17.5. The number of benzene rings is 2. The molecule has 2 aromatic carbocycles. The third-order valence-corrected chi connectivity index (χ3v) is 4.92. The average molecular weight is 445 g/mol. The number of nitrogens with zero attached hydrogens (tertiary/aromatic N) is 4. The van der Waals surface area contributed by atoms with Crippen molar-refractivity contribution in [3.05, 3.63) is 106 Å². The Labute approximate surface area is 188 Å². The number of nitrogens with one attached hydrogen (secondary N) is 1. The molecule has 166 valence electrons. The number of halogens is 1. The van der Waals surface area contributed by atoms with Crippen LogP contribution in [0.1, 0.15) is 0 Å². The Hall–Kier alpha value is -4.40. The summed E-state index contributed by atoms with van der Waals surface area (Å²) in [5.74, 6) is -0.757. The summed E-state index contributed by atoms with van der Waals surface area (Å²) in [5, 5.41) is 6.94. The van der Waals surface area contributed by atoms with Gasteiger partial charge in [0.05, 0.1) is 24.3 Å². The highest BCUT2D eigenvalue weighted by molar-refractivity contribution is 5.75. The lowest BCUT2D eigenvalue weighted by molar-refractivity contribution is -0.121. The minimum Gasteiger partial charge on any atom is -0.353 e. The molecule has 4 aromatic rings. The molecule has 0 spiro atoms. The molecule has 0 radical (unpaired) electrons. The predicted molar refractivity (Wildman–Crippen MR) is 121 cm³/mol. The smallest absolute Gasteiger partial charge is 0.266 e. The first-order chi connectivity index (χ1) is 16.0. The van der Waals surface area contributed by atoms with E-state index >= 15 is 0 Å². The van der Waals surface area contributed by atoms with Crippen molar-refractivity contribution in [3.8, 4) is 22.5 Å². The fourth-order valence-corrected chi connectivity index (χ4v) is 3.21. The van der Waals surface area contributed by atoms with E-state index in [1.54, 1.807) is 18.2 Å².